The lowest BCUT2D eigenvalue weighted by Crippen LogP contribution is -2.44. The third kappa shape index (κ3) is 6.46. The summed E-state index contributed by atoms with van der Waals surface area (Å²) in [5, 5.41) is 3.52. The van der Waals surface area contributed by atoms with Gasteiger partial charge in [0.1, 0.15) is 6.54 Å². The third-order valence-electron chi connectivity index (χ3n) is 6.33. The molecule has 4 rings (SSSR count). The molecule has 38 heavy (non-hydrogen) atoms. The van der Waals surface area contributed by atoms with Crippen LogP contribution in [0.1, 0.15) is 26.7 Å². The maximum absolute atomic E-state index is 13.3. The summed E-state index contributed by atoms with van der Waals surface area (Å²) in [5.74, 6) is 0.731. The molecule has 10 heteroatoms. The van der Waals surface area contributed by atoms with E-state index in [0.29, 0.717) is 47.0 Å². The van der Waals surface area contributed by atoms with Crippen molar-refractivity contribution in [2.45, 2.75) is 32.8 Å². The zero-order valence-electron chi connectivity index (χ0n) is 22.1. The van der Waals surface area contributed by atoms with Crippen LogP contribution >= 0.6 is 11.6 Å². The topological polar surface area (TPSA) is 94.9 Å². The lowest BCUT2D eigenvalue weighted by molar-refractivity contribution is -0.139. The van der Waals surface area contributed by atoms with Crippen LogP contribution in [0.15, 0.2) is 48.7 Å². The van der Waals surface area contributed by atoms with Crippen molar-refractivity contribution in [2.24, 2.45) is 5.92 Å². The van der Waals surface area contributed by atoms with E-state index in [1.165, 1.54) is 0 Å². The fourth-order valence-corrected chi connectivity index (χ4v) is 4.50. The van der Waals surface area contributed by atoms with Crippen LogP contribution in [0.5, 0.6) is 11.5 Å². The number of rotatable bonds is 10. The van der Waals surface area contributed by atoms with Crippen molar-refractivity contribution in [3.63, 3.8) is 0 Å². The molecular formula is C28H33ClN4O5. The minimum absolute atomic E-state index is 0.0595. The molecule has 1 aromatic heterocycles. The zero-order chi connectivity index (χ0) is 27.2. The molecule has 9 nitrogen and oxygen atoms in total. The molecule has 1 saturated heterocycles. The summed E-state index contributed by atoms with van der Waals surface area (Å²) in [4.78, 5) is 32.4. The van der Waals surface area contributed by atoms with E-state index in [-0.39, 0.29) is 30.4 Å². The number of hydrogen-bond donors (Lipinski definition) is 1. The first-order chi connectivity index (χ1) is 18.3. The Kier molecular flexibility index (Phi) is 8.91. The van der Waals surface area contributed by atoms with E-state index in [4.69, 9.17) is 30.8 Å². The molecular weight excluding hydrogens is 508 g/mol. The minimum atomic E-state index is -0.355. The summed E-state index contributed by atoms with van der Waals surface area (Å²) in [7, 11) is 3.13. The van der Waals surface area contributed by atoms with Crippen LogP contribution in [-0.4, -0.2) is 66.3 Å². The number of amides is 2. The fraction of sp³-hybridized carbons (Fsp3) is 0.393. The summed E-state index contributed by atoms with van der Waals surface area (Å²) in [5.41, 5.74) is 2.18. The van der Waals surface area contributed by atoms with Gasteiger partial charge in [-0.2, -0.15) is 0 Å². The van der Waals surface area contributed by atoms with E-state index >= 15 is 0 Å². The van der Waals surface area contributed by atoms with Crippen LogP contribution in [-0.2, 0) is 14.3 Å². The van der Waals surface area contributed by atoms with Gasteiger partial charge < -0.3 is 19.1 Å². The maximum atomic E-state index is 13.3. The normalized spacial score (nSPS) is 14.9. The van der Waals surface area contributed by atoms with E-state index in [2.05, 4.69) is 5.32 Å². The second kappa shape index (κ2) is 12.3. The van der Waals surface area contributed by atoms with Gasteiger partial charge in [-0.15, -0.1) is 0 Å². The number of carbonyl (C=O) groups is 2. The van der Waals surface area contributed by atoms with Gasteiger partial charge in [-0.1, -0.05) is 37.6 Å². The molecule has 0 spiro atoms. The SMILES string of the molecule is COc1ccc(-n2cc(-c3ccc(Cl)cc3)nc2NC(=O)CN(C[C@@H]2CCCO2)C(=O)C(C)C)cc1OC. The van der Waals surface area contributed by atoms with Gasteiger partial charge in [0.15, 0.2) is 11.5 Å². The van der Waals surface area contributed by atoms with Crippen molar-refractivity contribution in [1.82, 2.24) is 14.5 Å². The molecule has 0 saturated carbocycles. The Bertz CT molecular complexity index is 1270. The van der Waals surface area contributed by atoms with Crippen molar-refractivity contribution in [1.29, 1.82) is 0 Å². The second-order valence-electron chi connectivity index (χ2n) is 9.42. The molecule has 2 heterocycles. The van der Waals surface area contributed by atoms with Crippen molar-refractivity contribution in [3.05, 3.63) is 53.7 Å². The molecule has 1 atom stereocenters. The lowest BCUT2D eigenvalue weighted by atomic mass is 10.1. The lowest BCUT2D eigenvalue weighted by Gasteiger charge is -2.26. The molecule has 202 valence electrons. The van der Waals surface area contributed by atoms with Gasteiger partial charge in [-0.05, 0) is 37.1 Å². The first-order valence-electron chi connectivity index (χ1n) is 12.6. The van der Waals surface area contributed by atoms with Gasteiger partial charge in [-0.3, -0.25) is 19.5 Å². The van der Waals surface area contributed by atoms with Crippen molar-refractivity contribution < 1.29 is 23.8 Å². The third-order valence-corrected chi connectivity index (χ3v) is 6.58. The van der Waals surface area contributed by atoms with E-state index < -0.39 is 0 Å². The Morgan fingerprint density at radius 3 is 2.53 bits per heavy atom. The van der Waals surface area contributed by atoms with E-state index in [0.717, 1.165) is 18.4 Å². The van der Waals surface area contributed by atoms with Gasteiger partial charge in [-0.25, -0.2) is 4.98 Å². The van der Waals surface area contributed by atoms with Gasteiger partial charge in [0.2, 0.25) is 17.8 Å². The van der Waals surface area contributed by atoms with Crippen LogP contribution in [0, 0.1) is 5.92 Å². The number of ether oxygens (including phenoxy) is 3. The zero-order valence-corrected chi connectivity index (χ0v) is 22.8. The Labute approximate surface area is 227 Å². The Morgan fingerprint density at radius 1 is 1.16 bits per heavy atom. The monoisotopic (exact) mass is 540 g/mol. The highest BCUT2D eigenvalue weighted by Crippen LogP contribution is 2.32. The predicted octanol–water partition coefficient (Wildman–Crippen LogP) is 4.81. The Balaban J connectivity index is 1.64. The highest BCUT2D eigenvalue weighted by atomic mass is 35.5. The fourth-order valence-electron chi connectivity index (χ4n) is 4.37. The van der Waals surface area contributed by atoms with E-state index in [9.17, 15) is 9.59 Å². The molecule has 1 aliphatic heterocycles. The summed E-state index contributed by atoms with van der Waals surface area (Å²) < 4.78 is 18.3. The number of benzene rings is 2. The van der Waals surface area contributed by atoms with Crippen LogP contribution in [0.25, 0.3) is 16.9 Å². The number of imidazole rings is 1. The molecule has 2 amide bonds. The molecule has 0 bridgehead atoms. The van der Waals surface area contributed by atoms with Gasteiger partial charge >= 0.3 is 0 Å². The number of halogens is 1. The molecule has 1 fully saturated rings. The largest absolute Gasteiger partial charge is 0.493 e. The number of carbonyl (C=O) groups excluding carboxylic acids is 2. The second-order valence-corrected chi connectivity index (χ2v) is 9.86. The summed E-state index contributed by atoms with van der Waals surface area (Å²) in [6.07, 6.45) is 3.59. The average Bonchev–Trinajstić information content (AvgIpc) is 3.58. The molecule has 1 N–H and O–H groups in total. The van der Waals surface area contributed by atoms with Gasteiger partial charge in [0.05, 0.1) is 31.7 Å². The summed E-state index contributed by atoms with van der Waals surface area (Å²) in [6.45, 7) is 4.60. The molecule has 0 aliphatic carbocycles. The van der Waals surface area contributed by atoms with Crippen molar-refractivity contribution >= 4 is 29.4 Å². The van der Waals surface area contributed by atoms with Gasteiger partial charge in [0, 0.05) is 41.9 Å². The quantitative estimate of drug-likeness (QED) is 0.396. The number of nitrogens with one attached hydrogen (secondary N) is 1. The molecule has 0 radical (unpaired) electrons. The van der Waals surface area contributed by atoms with Crippen LogP contribution in [0.2, 0.25) is 5.02 Å². The van der Waals surface area contributed by atoms with Crippen molar-refractivity contribution in [2.75, 3.05) is 39.2 Å². The van der Waals surface area contributed by atoms with E-state index in [1.807, 2.05) is 38.2 Å². The molecule has 1 aliphatic rings. The average molecular weight is 541 g/mol. The maximum Gasteiger partial charge on any atom is 0.246 e. The molecule has 3 aromatic rings. The van der Waals surface area contributed by atoms with Crippen LogP contribution in [0.4, 0.5) is 5.95 Å². The molecule has 0 unspecified atom stereocenters. The van der Waals surface area contributed by atoms with Gasteiger partial charge in [0.25, 0.3) is 0 Å². The predicted molar refractivity (Wildman–Crippen MR) is 146 cm³/mol. The van der Waals surface area contributed by atoms with Crippen molar-refractivity contribution in [3.8, 4) is 28.4 Å². The first-order valence-corrected chi connectivity index (χ1v) is 12.9. The standard InChI is InChI=1S/C28H33ClN4O5/c1-18(2)27(35)32(15-22-6-5-13-38-22)17-26(34)31-28-30-23(19-7-9-20(29)10-8-19)16-33(28)21-11-12-24(36-3)25(14-21)37-4/h7-12,14,16,18,22H,5-6,13,15,17H2,1-4H3,(H,30,31,34)/t22-/m0/s1. The summed E-state index contributed by atoms with van der Waals surface area (Å²) in [6, 6.07) is 12.7. The smallest absolute Gasteiger partial charge is 0.246 e. The number of aromatic nitrogens is 2. The number of methoxy groups -OCH3 is 2. The first kappa shape index (κ1) is 27.5. The number of nitrogens with zero attached hydrogens (tertiary/aromatic N) is 3. The van der Waals surface area contributed by atoms with E-state index in [1.54, 1.807) is 48.0 Å². The highest BCUT2D eigenvalue weighted by molar-refractivity contribution is 6.30. The number of hydrogen-bond acceptors (Lipinski definition) is 6. The van der Waals surface area contributed by atoms with Crippen LogP contribution < -0.4 is 14.8 Å². The van der Waals surface area contributed by atoms with Crippen LogP contribution in [0.3, 0.4) is 0 Å². The number of anilines is 1. The minimum Gasteiger partial charge on any atom is -0.493 e. The highest BCUT2D eigenvalue weighted by Gasteiger charge is 2.26. The Morgan fingerprint density at radius 2 is 1.89 bits per heavy atom. The summed E-state index contributed by atoms with van der Waals surface area (Å²) >= 11 is 6.07. The molecule has 2 aromatic carbocycles. The Hall–Kier alpha value is -3.56.